The zero-order valence-electron chi connectivity index (χ0n) is 17.4. The topological polar surface area (TPSA) is 56.1 Å². The number of nitrogens with zero attached hydrogens (tertiary/aromatic N) is 3. The molecule has 1 fully saturated rings. The number of amidine groups is 1. The first-order valence-electron chi connectivity index (χ1n) is 10.3. The Kier molecular flexibility index (Phi) is 5.68. The molecule has 5 nitrogen and oxygen atoms in total. The molecule has 3 aromatic carbocycles. The smallest absolute Gasteiger partial charge is 0.269 e. The Hall–Kier alpha value is -3.16. The fraction of sp³-hybridized carbons (Fsp3) is 0.120. The van der Waals surface area contributed by atoms with Crippen LogP contribution in [0.5, 0.6) is 5.75 Å². The summed E-state index contributed by atoms with van der Waals surface area (Å²) in [6.45, 7) is 0.533. The number of benzene rings is 3. The van der Waals surface area contributed by atoms with Crippen molar-refractivity contribution in [1.29, 1.82) is 0 Å². The van der Waals surface area contributed by atoms with Crippen LogP contribution in [0.4, 0.5) is 11.4 Å². The van der Waals surface area contributed by atoms with Gasteiger partial charge in [0.15, 0.2) is 5.17 Å². The number of amides is 1. The fourth-order valence-corrected chi connectivity index (χ4v) is 6.04. The van der Waals surface area contributed by atoms with Gasteiger partial charge in [-0.05, 0) is 48.0 Å². The van der Waals surface area contributed by atoms with Gasteiger partial charge in [-0.25, -0.2) is 4.99 Å². The van der Waals surface area contributed by atoms with Gasteiger partial charge in [-0.1, -0.05) is 60.3 Å². The molecular weight excluding hydrogens is 438 g/mol. The van der Waals surface area contributed by atoms with E-state index in [0.29, 0.717) is 22.3 Å². The Morgan fingerprint density at radius 1 is 0.938 bits per heavy atom. The lowest BCUT2D eigenvalue weighted by Gasteiger charge is -2.16. The van der Waals surface area contributed by atoms with Crippen LogP contribution in [-0.2, 0) is 11.2 Å². The van der Waals surface area contributed by atoms with Crippen LogP contribution in [0.1, 0.15) is 5.56 Å². The molecule has 1 saturated heterocycles. The molecule has 1 N–H and O–H groups in total. The molecule has 5 rings (SSSR count). The molecule has 32 heavy (non-hydrogen) atoms. The van der Waals surface area contributed by atoms with Crippen LogP contribution in [0.2, 0.25) is 0 Å². The highest BCUT2D eigenvalue weighted by molar-refractivity contribution is 8.19. The monoisotopic (exact) mass is 459 g/mol. The molecule has 1 amide bonds. The van der Waals surface area contributed by atoms with Crippen molar-refractivity contribution in [2.45, 2.75) is 11.3 Å². The van der Waals surface area contributed by atoms with Gasteiger partial charge in [0.05, 0.1) is 16.4 Å². The summed E-state index contributed by atoms with van der Waals surface area (Å²) in [5.74, 6) is 0.115. The van der Waals surface area contributed by atoms with Crippen LogP contribution in [0, 0.1) is 0 Å². The quantitative estimate of drug-likeness (QED) is 0.514. The standard InChI is InChI=1S/C25H21N3O2S2/c1-27-20-12-5-6-13-21(20)31-24(27)22-23(30)28(15-14-17-8-3-2-4-9-17)25(32-22)26-18-10-7-11-19(29)16-18/h2-13,16,29H,14-15H2,1H3. The van der Waals surface area contributed by atoms with Crippen molar-refractivity contribution in [3.05, 3.63) is 94.4 Å². The van der Waals surface area contributed by atoms with Gasteiger partial charge in [0.2, 0.25) is 0 Å². The first kappa shape index (κ1) is 20.7. The first-order valence-corrected chi connectivity index (χ1v) is 11.9. The normalized spacial score (nSPS) is 19.2. The van der Waals surface area contributed by atoms with E-state index < -0.39 is 0 Å². The SMILES string of the molecule is CN1C(=C2SC(=Nc3cccc(O)c3)N(CCc3ccccc3)C2=O)Sc2ccccc21. The number of aliphatic imine (C=N–C) groups is 1. The van der Waals surface area contributed by atoms with Crippen molar-refractivity contribution >= 4 is 46.0 Å². The van der Waals surface area contributed by atoms with E-state index in [1.165, 1.54) is 17.3 Å². The molecule has 0 saturated carbocycles. The van der Waals surface area contributed by atoms with E-state index in [-0.39, 0.29) is 11.7 Å². The summed E-state index contributed by atoms with van der Waals surface area (Å²) in [6.07, 6.45) is 0.734. The highest BCUT2D eigenvalue weighted by Crippen LogP contribution is 2.50. The predicted molar refractivity (Wildman–Crippen MR) is 132 cm³/mol. The van der Waals surface area contributed by atoms with E-state index in [1.54, 1.807) is 34.9 Å². The van der Waals surface area contributed by atoms with Crippen LogP contribution in [-0.4, -0.2) is 34.7 Å². The molecule has 0 spiro atoms. The maximum Gasteiger partial charge on any atom is 0.269 e. The van der Waals surface area contributed by atoms with E-state index in [0.717, 1.165) is 22.0 Å². The van der Waals surface area contributed by atoms with Crippen molar-refractivity contribution in [2.24, 2.45) is 4.99 Å². The molecule has 0 unspecified atom stereocenters. The molecule has 2 aliphatic heterocycles. The van der Waals surface area contributed by atoms with Gasteiger partial charge in [0, 0.05) is 24.6 Å². The average Bonchev–Trinajstić information content (AvgIpc) is 3.29. The molecule has 3 aromatic rings. The number of fused-ring (bicyclic) bond motifs is 1. The molecule has 2 heterocycles. The third-order valence-electron chi connectivity index (χ3n) is 5.32. The minimum absolute atomic E-state index is 0.0352. The number of anilines is 1. The van der Waals surface area contributed by atoms with Crippen molar-refractivity contribution in [3.8, 4) is 5.75 Å². The van der Waals surface area contributed by atoms with Crippen LogP contribution < -0.4 is 4.90 Å². The molecule has 0 radical (unpaired) electrons. The largest absolute Gasteiger partial charge is 0.508 e. The third-order valence-corrected chi connectivity index (χ3v) is 7.75. The number of thioether (sulfide) groups is 2. The third kappa shape index (κ3) is 4.01. The molecule has 2 aliphatic rings. The summed E-state index contributed by atoms with van der Waals surface area (Å²) >= 11 is 3.01. The predicted octanol–water partition coefficient (Wildman–Crippen LogP) is 5.61. The lowest BCUT2D eigenvalue weighted by atomic mass is 10.1. The van der Waals surface area contributed by atoms with Gasteiger partial charge in [-0.2, -0.15) is 0 Å². The molecule has 0 aromatic heterocycles. The summed E-state index contributed by atoms with van der Waals surface area (Å²) in [6, 6.07) is 25.1. The van der Waals surface area contributed by atoms with E-state index in [9.17, 15) is 9.90 Å². The second kappa shape index (κ2) is 8.76. The molecule has 0 aliphatic carbocycles. The fourth-order valence-electron chi connectivity index (χ4n) is 3.67. The Labute approximate surface area is 195 Å². The summed E-state index contributed by atoms with van der Waals surface area (Å²) in [5.41, 5.74) is 2.89. The van der Waals surface area contributed by atoms with Crippen molar-refractivity contribution in [1.82, 2.24) is 4.90 Å². The zero-order valence-corrected chi connectivity index (χ0v) is 19.1. The number of carbonyl (C=O) groups is 1. The number of hydrogen-bond donors (Lipinski definition) is 1. The highest BCUT2D eigenvalue weighted by Gasteiger charge is 2.38. The Bertz CT molecular complexity index is 1240. The number of rotatable bonds is 4. The number of phenols is 1. The second-order valence-corrected chi connectivity index (χ2v) is 9.48. The first-order chi connectivity index (χ1) is 15.6. The van der Waals surface area contributed by atoms with E-state index in [4.69, 9.17) is 4.99 Å². The van der Waals surface area contributed by atoms with Gasteiger partial charge in [-0.3, -0.25) is 9.69 Å². The number of hydrogen-bond acceptors (Lipinski definition) is 6. The van der Waals surface area contributed by atoms with E-state index >= 15 is 0 Å². The number of aromatic hydroxyl groups is 1. The van der Waals surface area contributed by atoms with Crippen LogP contribution in [0.15, 0.2) is 98.7 Å². The number of phenolic OH excluding ortho intramolecular Hbond substituents is 1. The second-order valence-electron chi connectivity index (χ2n) is 7.47. The molecular formula is C25H21N3O2S2. The van der Waals surface area contributed by atoms with Crippen molar-refractivity contribution in [3.63, 3.8) is 0 Å². The van der Waals surface area contributed by atoms with Gasteiger partial charge in [0.25, 0.3) is 5.91 Å². The summed E-state index contributed by atoms with van der Waals surface area (Å²) in [4.78, 5) is 23.9. The summed E-state index contributed by atoms with van der Waals surface area (Å²) in [7, 11) is 1.99. The van der Waals surface area contributed by atoms with Crippen LogP contribution >= 0.6 is 23.5 Å². The number of para-hydroxylation sites is 1. The minimum atomic E-state index is -0.0352. The van der Waals surface area contributed by atoms with Gasteiger partial charge in [0.1, 0.15) is 10.7 Å². The Balaban J connectivity index is 1.50. The van der Waals surface area contributed by atoms with Crippen molar-refractivity contribution in [2.75, 3.05) is 18.5 Å². The van der Waals surface area contributed by atoms with Gasteiger partial charge in [-0.15, -0.1) is 0 Å². The minimum Gasteiger partial charge on any atom is -0.508 e. The van der Waals surface area contributed by atoms with E-state index in [1.807, 2.05) is 43.4 Å². The Morgan fingerprint density at radius 3 is 2.50 bits per heavy atom. The summed E-state index contributed by atoms with van der Waals surface area (Å²) < 4.78 is 0. The maximum atomic E-state index is 13.6. The molecule has 0 bridgehead atoms. The number of carbonyl (C=O) groups excluding carboxylic acids is 1. The van der Waals surface area contributed by atoms with E-state index in [2.05, 4.69) is 29.2 Å². The molecule has 7 heteroatoms. The van der Waals surface area contributed by atoms with Gasteiger partial charge < -0.3 is 10.0 Å². The lowest BCUT2D eigenvalue weighted by Crippen LogP contribution is -2.31. The lowest BCUT2D eigenvalue weighted by molar-refractivity contribution is -0.122. The highest BCUT2D eigenvalue weighted by atomic mass is 32.2. The maximum absolute atomic E-state index is 13.6. The van der Waals surface area contributed by atoms with Gasteiger partial charge >= 0.3 is 0 Å². The molecule has 0 atom stereocenters. The summed E-state index contributed by atoms with van der Waals surface area (Å²) in [5, 5.41) is 11.4. The van der Waals surface area contributed by atoms with Crippen LogP contribution in [0.3, 0.4) is 0 Å². The average molecular weight is 460 g/mol. The van der Waals surface area contributed by atoms with Crippen LogP contribution in [0.25, 0.3) is 0 Å². The zero-order chi connectivity index (χ0) is 22.1. The Morgan fingerprint density at radius 2 is 1.72 bits per heavy atom. The molecule has 160 valence electrons. The van der Waals surface area contributed by atoms with Crippen molar-refractivity contribution < 1.29 is 9.90 Å².